The fourth-order valence-corrected chi connectivity index (χ4v) is 1.83. The molecule has 0 bridgehead atoms. The van der Waals surface area contributed by atoms with Crippen molar-refractivity contribution in [2.45, 2.75) is 22.8 Å². The van der Waals surface area contributed by atoms with Crippen molar-refractivity contribution < 1.29 is 135 Å². The zero-order chi connectivity index (χ0) is 15.9. The molecule has 0 radical (unpaired) electrons. The molecule has 0 N–H and O–H groups in total. The van der Waals surface area contributed by atoms with Gasteiger partial charge in [-0.1, -0.05) is 7.12 Å². The van der Waals surface area contributed by atoms with Crippen molar-refractivity contribution in [1.29, 1.82) is 15.8 Å². The van der Waals surface area contributed by atoms with E-state index >= 15 is 0 Å². The van der Waals surface area contributed by atoms with E-state index in [1.807, 2.05) is 0 Å². The van der Waals surface area contributed by atoms with Crippen LogP contribution in [0.1, 0.15) is 0 Å². The van der Waals surface area contributed by atoms with E-state index in [0.717, 1.165) is 0 Å². The monoisotopic (exact) mass is 367 g/mol. The normalized spacial score (nSPS) is 36.8. The van der Waals surface area contributed by atoms with Crippen LogP contribution in [0.15, 0.2) is 11.7 Å². The number of allylic oxidation sites excluding steroid dienone is 2. The number of hydrogen-bond acceptors (Lipinski definition) is 5. The van der Waals surface area contributed by atoms with E-state index in [0.29, 0.717) is 6.07 Å². The summed E-state index contributed by atoms with van der Waals surface area (Å²) < 4.78 is 68.4. The smallest absolute Gasteiger partial charge is 0.892 e. The van der Waals surface area contributed by atoms with Crippen molar-refractivity contribution >= 4 is 7.12 Å². The molecule has 4 unspecified atom stereocenters. The van der Waals surface area contributed by atoms with Crippen molar-refractivity contribution in [1.82, 2.24) is 0 Å². The summed E-state index contributed by atoms with van der Waals surface area (Å²) in [5, 5.41) is 42.9. The van der Waals surface area contributed by atoms with Gasteiger partial charge in [0.05, 0.1) is 11.4 Å². The summed E-state index contributed by atoms with van der Waals surface area (Å²) in [6.45, 7) is 0. The molecular weight excluding hydrogens is 366 g/mol. The predicted octanol–water partition coefficient (Wildman–Crippen LogP) is -6.57. The Morgan fingerprint density at radius 1 is 1.00 bits per heavy atom. The quantitative estimate of drug-likeness (QED) is 0.337. The molecule has 0 fully saturated rings. The summed E-state index contributed by atoms with van der Waals surface area (Å²) in [5.74, 6) is -5.61. The van der Waals surface area contributed by atoms with Gasteiger partial charge in [0.1, 0.15) is 18.0 Å². The minimum atomic E-state index is -4.82. The van der Waals surface area contributed by atoms with Gasteiger partial charge >= 0.3 is 103 Å². The second kappa shape index (κ2) is 8.47. The van der Waals surface area contributed by atoms with Gasteiger partial charge in [0.15, 0.2) is 5.83 Å². The average molecular weight is 367 g/mol. The molecule has 0 aliphatic heterocycles. The third kappa shape index (κ3) is 2.92. The molecule has 1 aliphatic carbocycles. The van der Waals surface area contributed by atoms with Crippen LogP contribution in [-0.2, 0) is 0 Å². The van der Waals surface area contributed by atoms with Crippen LogP contribution in [-0.4, -0.2) is 24.6 Å². The summed E-state index contributed by atoms with van der Waals surface area (Å²) in [6, 6.07) is 0.912. The SMILES string of the molecule is N#CC1(B([O-])[O-])C(F)=C(F)C(F)C(F)(C#N)C1(F)C#N.[K+].[K+]. The van der Waals surface area contributed by atoms with E-state index in [4.69, 9.17) is 15.8 Å². The van der Waals surface area contributed by atoms with Gasteiger partial charge in [-0.25, -0.2) is 22.0 Å². The third-order valence-corrected chi connectivity index (χ3v) is 3.02. The van der Waals surface area contributed by atoms with Gasteiger partial charge in [-0.2, -0.15) is 15.8 Å². The number of nitrogens with zero attached hydrogens (tertiary/aromatic N) is 3. The van der Waals surface area contributed by atoms with E-state index < -0.39 is 41.6 Å². The standard InChI is InChI=1S/C9HBF5N3O2.2K/c11-4-5(12)7(1-16,10(19)20)9(15,3-18)8(14,2-17)6(4)13;;/h6H;;/q-2;2*+1. The molecule has 0 heterocycles. The van der Waals surface area contributed by atoms with E-state index in [2.05, 4.69) is 0 Å². The number of rotatable bonds is 1. The Morgan fingerprint density at radius 2 is 1.45 bits per heavy atom. The van der Waals surface area contributed by atoms with Gasteiger partial charge in [0.2, 0.25) is 6.17 Å². The second-order valence-corrected chi connectivity index (χ2v) is 3.87. The fourth-order valence-electron chi connectivity index (χ4n) is 1.83. The van der Waals surface area contributed by atoms with Gasteiger partial charge in [-0.05, 0) is 0 Å². The minimum absolute atomic E-state index is 0. The zero-order valence-electron chi connectivity index (χ0n) is 11.2. The molecule has 0 amide bonds. The van der Waals surface area contributed by atoms with Crippen LogP contribution < -0.4 is 113 Å². The summed E-state index contributed by atoms with van der Waals surface area (Å²) >= 11 is 0. The van der Waals surface area contributed by atoms with Crippen LogP contribution >= 0.6 is 0 Å². The maximum absolute atomic E-state index is 14.3. The third-order valence-electron chi connectivity index (χ3n) is 3.02. The predicted molar refractivity (Wildman–Crippen MR) is 47.1 cm³/mol. The van der Waals surface area contributed by atoms with Crippen LogP contribution in [0.3, 0.4) is 0 Å². The number of nitriles is 3. The zero-order valence-corrected chi connectivity index (χ0v) is 17.4. The molecule has 0 spiro atoms. The van der Waals surface area contributed by atoms with Gasteiger partial charge in [0.25, 0.3) is 11.3 Å². The molecule has 13 heteroatoms. The van der Waals surface area contributed by atoms with Gasteiger partial charge < -0.3 is 10.0 Å². The van der Waals surface area contributed by atoms with Crippen LogP contribution in [0.5, 0.6) is 0 Å². The second-order valence-electron chi connectivity index (χ2n) is 3.87. The van der Waals surface area contributed by atoms with Crippen LogP contribution in [0.4, 0.5) is 22.0 Å². The Morgan fingerprint density at radius 3 is 1.73 bits per heavy atom. The summed E-state index contributed by atoms with van der Waals surface area (Å²) in [5.41, 5.74) is -9.55. The van der Waals surface area contributed by atoms with E-state index in [1.54, 1.807) is 0 Å². The first kappa shape index (κ1) is 25.4. The molecule has 1 aliphatic rings. The van der Waals surface area contributed by atoms with Crippen LogP contribution in [0, 0.1) is 34.0 Å². The number of alkyl halides is 3. The molecule has 0 saturated heterocycles. The molecule has 0 aromatic carbocycles. The van der Waals surface area contributed by atoms with Crippen molar-refractivity contribution in [3.63, 3.8) is 0 Å². The first-order valence-corrected chi connectivity index (χ1v) is 4.73. The minimum Gasteiger partial charge on any atom is -0.892 e. The van der Waals surface area contributed by atoms with E-state index in [-0.39, 0.29) is 115 Å². The maximum Gasteiger partial charge on any atom is 1.00 e. The van der Waals surface area contributed by atoms with Crippen molar-refractivity contribution in [2.24, 2.45) is 0 Å². The summed E-state index contributed by atoms with van der Waals surface area (Å²) in [4.78, 5) is 0. The first-order chi connectivity index (χ1) is 9.10. The first-order valence-electron chi connectivity index (χ1n) is 4.73. The number of halogens is 5. The molecule has 1 rings (SSSR count). The Labute approximate surface area is 206 Å². The van der Waals surface area contributed by atoms with E-state index in [9.17, 15) is 32.0 Å². The molecule has 0 saturated carbocycles. The van der Waals surface area contributed by atoms with Gasteiger partial charge in [0, 0.05) is 0 Å². The molecule has 5 nitrogen and oxygen atoms in total. The van der Waals surface area contributed by atoms with E-state index in [1.165, 1.54) is 0 Å². The Bertz CT molecular complexity index is 618. The van der Waals surface area contributed by atoms with Gasteiger partial charge in [-0.15, -0.1) is 0 Å². The van der Waals surface area contributed by atoms with Crippen molar-refractivity contribution in [3.05, 3.63) is 11.7 Å². The average Bonchev–Trinajstić information content (AvgIpc) is 2.43. The topological polar surface area (TPSA) is 117 Å². The van der Waals surface area contributed by atoms with Crippen molar-refractivity contribution in [2.75, 3.05) is 0 Å². The fraction of sp³-hybridized carbons (Fsp3) is 0.444. The molecule has 0 aromatic heterocycles. The maximum atomic E-state index is 14.3. The van der Waals surface area contributed by atoms with Gasteiger partial charge in [-0.3, -0.25) is 0 Å². The van der Waals surface area contributed by atoms with Crippen LogP contribution in [0.2, 0.25) is 5.31 Å². The summed E-state index contributed by atoms with van der Waals surface area (Å²) in [6.07, 6.45) is -3.91. The number of hydrogen-bond donors (Lipinski definition) is 0. The molecule has 0 aromatic rings. The molecular formula is C9HBF5K2N3O2. The Hall–Kier alpha value is 1.12. The molecule has 104 valence electrons. The largest absolute Gasteiger partial charge is 1.00 e. The Balaban J connectivity index is 0. The van der Waals surface area contributed by atoms with Crippen molar-refractivity contribution in [3.8, 4) is 18.2 Å². The van der Waals surface area contributed by atoms with Crippen LogP contribution in [0.25, 0.3) is 0 Å². The summed E-state index contributed by atoms with van der Waals surface area (Å²) in [7, 11) is -3.93. The molecule has 22 heavy (non-hydrogen) atoms. The molecule has 4 atom stereocenters. The Kier molecular flexibility index (Phi) is 9.77.